The molecule has 1 aromatic rings. The Labute approximate surface area is 109 Å². The normalized spacial score (nSPS) is 11.5. The molecule has 0 fully saturated rings. The summed E-state index contributed by atoms with van der Waals surface area (Å²) in [4.78, 5) is 0. The van der Waals surface area contributed by atoms with Crippen molar-refractivity contribution in [1.29, 1.82) is 0 Å². The van der Waals surface area contributed by atoms with Crippen molar-refractivity contribution in [3.8, 4) is 0 Å². The van der Waals surface area contributed by atoms with E-state index in [1.807, 2.05) is 0 Å². The lowest BCUT2D eigenvalue weighted by Gasteiger charge is -2.07. The fourth-order valence-electron chi connectivity index (χ4n) is 2.37. The standard InChI is InChI=1S/C16H29P/c1-4-7-10-14-13-17-16(12-9-6-3)15(14)11-8-5-2/h13,17H,4-12H2,1-3H3. The van der Waals surface area contributed by atoms with E-state index in [1.165, 1.54) is 57.8 Å². The Balaban J connectivity index is 2.70. The second-order valence-corrected chi connectivity index (χ2v) is 6.26. The molecule has 1 unspecified atom stereocenters. The third-order valence-electron chi connectivity index (χ3n) is 3.53. The highest BCUT2D eigenvalue weighted by Crippen LogP contribution is 2.31. The van der Waals surface area contributed by atoms with Crippen LogP contribution in [0.1, 0.15) is 75.7 Å². The van der Waals surface area contributed by atoms with Crippen LogP contribution in [-0.2, 0) is 19.3 Å². The molecule has 0 spiro atoms. The van der Waals surface area contributed by atoms with Crippen molar-refractivity contribution in [1.82, 2.24) is 0 Å². The molecule has 1 atom stereocenters. The first kappa shape index (κ1) is 14.8. The second kappa shape index (κ2) is 8.81. The minimum absolute atomic E-state index is 1.01. The van der Waals surface area contributed by atoms with Crippen LogP contribution in [0.2, 0.25) is 0 Å². The van der Waals surface area contributed by atoms with Gasteiger partial charge in [0.05, 0.1) is 0 Å². The molecule has 0 saturated heterocycles. The SMILES string of the molecule is CCCCc1c[pH]c(CCCC)c1CCCC. The van der Waals surface area contributed by atoms with Crippen LogP contribution in [0.4, 0.5) is 0 Å². The molecule has 0 radical (unpaired) electrons. The molecular weight excluding hydrogens is 223 g/mol. The van der Waals surface area contributed by atoms with Gasteiger partial charge in [-0.2, -0.15) is 0 Å². The summed E-state index contributed by atoms with van der Waals surface area (Å²) >= 11 is 0. The first-order valence-electron chi connectivity index (χ1n) is 7.51. The van der Waals surface area contributed by atoms with Gasteiger partial charge in [0, 0.05) is 0 Å². The molecule has 0 aromatic carbocycles. The van der Waals surface area contributed by atoms with Crippen molar-refractivity contribution >= 4 is 8.19 Å². The van der Waals surface area contributed by atoms with Crippen molar-refractivity contribution in [2.75, 3.05) is 0 Å². The molecule has 0 nitrogen and oxygen atoms in total. The van der Waals surface area contributed by atoms with Gasteiger partial charge in [-0.1, -0.05) is 40.0 Å². The molecular formula is C16H29P. The minimum atomic E-state index is 1.01. The molecule has 1 heteroatoms. The Morgan fingerprint density at radius 1 is 0.824 bits per heavy atom. The van der Waals surface area contributed by atoms with E-state index in [0.29, 0.717) is 0 Å². The predicted molar refractivity (Wildman–Crippen MR) is 81.8 cm³/mol. The van der Waals surface area contributed by atoms with Gasteiger partial charge in [-0.3, -0.25) is 0 Å². The summed E-state index contributed by atoms with van der Waals surface area (Å²) < 4.78 is 0. The Morgan fingerprint density at radius 3 is 2.06 bits per heavy atom. The molecule has 1 aromatic heterocycles. The van der Waals surface area contributed by atoms with E-state index >= 15 is 0 Å². The van der Waals surface area contributed by atoms with Crippen molar-refractivity contribution in [2.45, 2.75) is 78.6 Å². The fourth-order valence-corrected chi connectivity index (χ4v) is 3.82. The van der Waals surface area contributed by atoms with Crippen LogP contribution in [0.5, 0.6) is 0 Å². The maximum absolute atomic E-state index is 2.55. The number of hydrogen-bond donors (Lipinski definition) is 0. The smallest absolute Gasteiger partial charge is 0.0241 e. The minimum Gasteiger partial charge on any atom is -0.136 e. The predicted octanol–water partition coefficient (Wildman–Crippen LogP) is 5.75. The number of hydrogen-bond acceptors (Lipinski definition) is 0. The van der Waals surface area contributed by atoms with Gasteiger partial charge in [-0.15, -0.1) is 8.19 Å². The fraction of sp³-hybridized carbons (Fsp3) is 0.750. The van der Waals surface area contributed by atoms with Crippen LogP contribution in [0.25, 0.3) is 0 Å². The van der Waals surface area contributed by atoms with E-state index in [2.05, 4.69) is 26.6 Å². The van der Waals surface area contributed by atoms with Crippen LogP contribution < -0.4 is 0 Å². The third-order valence-corrected chi connectivity index (χ3v) is 4.93. The van der Waals surface area contributed by atoms with Crippen molar-refractivity contribution in [3.05, 3.63) is 22.2 Å². The molecule has 17 heavy (non-hydrogen) atoms. The van der Waals surface area contributed by atoms with Gasteiger partial charge in [0.25, 0.3) is 0 Å². The van der Waals surface area contributed by atoms with E-state index in [0.717, 1.165) is 8.19 Å². The van der Waals surface area contributed by atoms with Crippen molar-refractivity contribution < 1.29 is 0 Å². The lowest BCUT2D eigenvalue weighted by molar-refractivity contribution is 0.745. The summed E-state index contributed by atoms with van der Waals surface area (Å²) in [5.41, 5.74) is 3.48. The van der Waals surface area contributed by atoms with Crippen LogP contribution >= 0.6 is 8.19 Å². The Kier molecular flexibility index (Phi) is 7.69. The molecule has 1 heterocycles. The average molecular weight is 252 g/mol. The van der Waals surface area contributed by atoms with Gasteiger partial charge in [0.15, 0.2) is 0 Å². The number of aryl methyl sites for hydroxylation is 2. The molecule has 0 aliphatic carbocycles. The van der Waals surface area contributed by atoms with E-state index in [-0.39, 0.29) is 0 Å². The van der Waals surface area contributed by atoms with Crippen molar-refractivity contribution in [2.24, 2.45) is 0 Å². The molecule has 0 N–H and O–H groups in total. The summed E-state index contributed by atoms with van der Waals surface area (Å²) in [7, 11) is 1.01. The largest absolute Gasteiger partial charge is 0.136 e. The third kappa shape index (κ3) is 4.88. The average Bonchev–Trinajstić information content (AvgIpc) is 2.73. The monoisotopic (exact) mass is 252 g/mol. The number of rotatable bonds is 9. The van der Waals surface area contributed by atoms with Crippen molar-refractivity contribution in [3.63, 3.8) is 0 Å². The highest BCUT2D eigenvalue weighted by Gasteiger charge is 2.09. The van der Waals surface area contributed by atoms with Gasteiger partial charge >= 0.3 is 0 Å². The van der Waals surface area contributed by atoms with Gasteiger partial charge in [0.2, 0.25) is 0 Å². The van der Waals surface area contributed by atoms with Crippen LogP contribution in [0.3, 0.4) is 0 Å². The van der Waals surface area contributed by atoms with Gasteiger partial charge < -0.3 is 0 Å². The zero-order valence-corrected chi connectivity index (χ0v) is 12.9. The first-order valence-corrected chi connectivity index (χ1v) is 8.59. The Bertz CT molecular complexity index is 273. The molecule has 0 bridgehead atoms. The van der Waals surface area contributed by atoms with Crippen LogP contribution in [0.15, 0.2) is 5.80 Å². The van der Waals surface area contributed by atoms with Gasteiger partial charge in [-0.25, -0.2) is 0 Å². The number of unbranched alkanes of at least 4 members (excludes halogenated alkanes) is 3. The lowest BCUT2D eigenvalue weighted by atomic mass is 9.99. The van der Waals surface area contributed by atoms with E-state index in [1.54, 1.807) is 16.4 Å². The lowest BCUT2D eigenvalue weighted by Crippen LogP contribution is -1.95. The maximum atomic E-state index is 2.55. The van der Waals surface area contributed by atoms with E-state index in [4.69, 9.17) is 0 Å². The van der Waals surface area contributed by atoms with Crippen LogP contribution in [0, 0.1) is 0 Å². The van der Waals surface area contributed by atoms with Gasteiger partial charge in [0.1, 0.15) is 0 Å². The quantitative estimate of drug-likeness (QED) is 0.525. The first-order chi connectivity index (χ1) is 8.33. The zero-order valence-electron chi connectivity index (χ0n) is 11.9. The topological polar surface area (TPSA) is 0 Å². The summed E-state index contributed by atoms with van der Waals surface area (Å²) in [6, 6.07) is 0. The summed E-state index contributed by atoms with van der Waals surface area (Å²) in [5, 5.41) is 1.80. The molecule has 1 rings (SSSR count). The maximum Gasteiger partial charge on any atom is -0.0241 e. The summed E-state index contributed by atoms with van der Waals surface area (Å²) in [6.45, 7) is 6.90. The zero-order chi connectivity index (χ0) is 12.5. The van der Waals surface area contributed by atoms with E-state index in [9.17, 15) is 0 Å². The molecule has 0 saturated carbocycles. The molecule has 0 aliphatic rings. The van der Waals surface area contributed by atoms with Gasteiger partial charge in [-0.05, 0) is 60.7 Å². The summed E-state index contributed by atoms with van der Waals surface area (Å²) in [6.07, 6.45) is 12.1. The highest BCUT2D eigenvalue weighted by molar-refractivity contribution is 7.30. The highest BCUT2D eigenvalue weighted by atomic mass is 31.0. The second-order valence-electron chi connectivity index (χ2n) is 5.08. The molecule has 98 valence electrons. The molecule has 0 amide bonds. The Morgan fingerprint density at radius 2 is 1.41 bits per heavy atom. The Hall–Kier alpha value is -0.220. The van der Waals surface area contributed by atoms with E-state index < -0.39 is 0 Å². The molecule has 0 aliphatic heterocycles. The van der Waals surface area contributed by atoms with Crippen LogP contribution in [-0.4, -0.2) is 0 Å². The summed E-state index contributed by atoms with van der Waals surface area (Å²) in [5.74, 6) is 2.55.